The molecule has 98 valence electrons. The fourth-order valence-corrected chi connectivity index (χ4v) is 1.80. The van der Waals surface area contributed by atoms with Crippen LogP contribution in [-0.4, -0.2) is 12.5 Å². The summed E-state index contributed by atoms with van der Waals surface area (Å²) in [6.45, 7) is 1.42. The second-order valence-electron chi connectivity index (χ2n) is 4.35. The van der Waals surface area contributed by atoms with E-state index in [1.165, 1.54) is 5.56 Å². The minimum Gasteiger partial charge on any atom is -0.370 e. The van der Waals surface area contributed by atoms with Crippen molar-refractivity contribution >= 4 is 5.96 Å². The minimum atomic E-state index is 0.500. The zero-order valence-corrected chi connectivity index (χ0v) is 10.9. The lowest BCUT2D eigenvalue weighted by molar-refractivity contribution is 0.848. The maximum Gasteiger partial charge on any atom is 0.188 e. The van der Waals surface area contributed by atoms with E-state index in [0.29, 0.717) is 12.5 Å². The number of benzene rings is 2. The molecule has 0 aliphatic heterocycles. The zero-order chi connectivity index (χ0) is 13.3. The predicted molar refractivity (Wildman–Crippen MR) is 79.9 cm³/mol. The summed E-state index contributed by atoms with van der Waals surface area (Å²) >= 11 is 0. The van der Waals surface area contributed by atoms with Crippen LogP contribution in [0.1, 0.15) is 11.1 Å². The van der Waals surface area contributed by atoms with E-state index in [9.17, 15) is 0 Å². The van der Waals surface area contributed by atoms with Crippen LogP contribution in [0.25, 0.3) is 0 Å². The largest absolute Gasteiger partial charge is 0.370 e. The Morgan fingerprint density at radius 2 is 1.47 bits per heavy atom. The van der Waals surface area contributed by atoms with Crippen LogP contribution in [0, 0.1) is 0 Å². The lowest BCUT2D eigenvalue weighted by Crippen LogP contribution is -2.33. The van der Waals surface area contributed by atoms with Crippen molar-refractivity contribution in [1.29, 1.82) is 0 Å². The molecule has 19 heavy (non-hydrogen) atoms. The van der Waals surface area contributed by atoms with Crippen LogP contribution in [0.2, 0.25) is 0 Å². The Hall–Kier alpha value is -2.29. The summed E-state index contributed by atoms with van der Waals surface area (Å²) in [5, 5.41) is 3.13. The Bertz CT molecular complexity index is 506. The van der Waals surface area contributed by atoms with E-state index < -0.39 is 0 Å². The number of hydrogen-bond acceptors (Lipinski definition) is 1. The van der Waals surface area contributed by atoms with Crippen molar-refractivity contribution in [3.8, 4) is 0 Å². The van der Waals surface area contributed by atoms with Crippen molar-refractivity contribution in [1.82, 2.24) is 5.32 Å². The van der Waals surface area contributed by atoms with Gasteiger partial charge in [0, 0.05) is 6.54 Å². The zero-order valence-electron chi connectivity index (χ0n) is 10.9. The third-order valence-electron chi connectivity index (χ3n) is 2.84. The summed E-state index contributed by atoms with van der Waals surface area (Å²) in [4.78, 5) is 4.31. The quantitative estimate of drug-likeness (QED) is 0.634. The molecule has 0 aliphatic rings. The van der Waals surface area contributed by atoms with Gasteiger partial charge in [-0.15, -0.1) is 0 Å². The number of aliphatic imine (C=N–C) groups is 1. The molecule has 0 aliphatic carbocycles. The van der Waals surface area contributed by atoms with Gasteiger partial charge in [0.05, 0.1) is 6.54 Å². The summed E-state index contributed by atoms with van der Waals surface area (Å²) < 4.78 is 0. The second-order valence-corrected chi connectivity index (χ2v) is 4.35. The predicted octanol–water partition coefficient (Wildman–Crippen LogP) is 2.33. The Morgan fingerprint density at radius 3 is 2.11 bits per heavy atom. The van der Waals surface area contributed by atoms with Crippen molar-refractivity contribution in [3.05, 3.63) is 71.8 Å². The van der Waals surface area contributed by atoms with Gasteiger partial charge in [-0.2, -0.15) is 0 Å². The summed E-state index contributed by atoms with van der Waals surface area (Å²) in [5.41, 5.74) is 8.28. The van der Waals surface area contributed by atoms with Gasteiger partial charge in [0.2, 0.25) is 0 Å². The first kappa shape index (κ1) is 13.1. The Kier molecular flexibility index (Phi) is 4.99. The number of rotatable bonds is 5. The molecule has 3 heteroatoms. The first-order chi connectivity index (χ1) is 9.34. The number of nitrogens with two attached hydrogens (primary N) is 1. The smallest absolute Gasteiger partial charge is 0.188 e. The number of nitrogens with zero attached hydrogens (tertiary/aromatic N) is 1. The average molecular weight is 253 g/mol. The van der Waals surface area contributed by atoms with E-state index >= 15 is 0 Å². The summed E-state index contributed by atoms with van der Waals surface area (Å²) in [7, 11) is 0. The molecule has 2 aromatic rings. The molecule has 0 fully saturated rings. The van der Waals surface area contributed by atoms with Crippen LogP contribution in [0.4, 0.5) is 0 Å². The van der Waals surface area contributed by atoms with Crippen molar-refractivity contribution in [3.63, 3.8) is 0 Å². The fraction of sp³-hybridized carbons (Fsp3) is 0.188. The second kappa shape index (κ2) is 7.21. The number of guanidine groups is 1. The molecule has 3 N–H and O–H groups in total. The van der Waals surface area contributed by atoms with Gasteiger partial charge in [-0.1, -0.05) is 60.7 Å². The molecule has 0 amide bonds. The molecule has 0 radical (unpaired) electrons. The molecule has 0 heterocycles. The Morgan fingerprint density at radius 1 is 0.895 bits per heavy atom. The molecule has 0 spiro atoms. The highest BCUT2D eigenvalue weighted by molar-refractivity contribution is 5.77. The minimum absolute atomic E-state index is 0.500. The molecular weight excluding hydrogens is 234 g/mol. The van der Waals surface area contributed by atoms with E-state index in [4.69, 9.17) is 5.73 Å². The highest BCUT2D eigenvalue weighted by Crippen LogP contribution is 2.00. The molecule has 0 saturated carbocycles. The van der Waals surface area contributed by atoms with Crippen LogP contribution >= 0.6 is 0 Å². The van der Waals surface area contributed by atoms with Crippen molar-refractivity contribution in [2.45, 2.75) is 13.0 Å². The number of hydrogen-bond donors (Lipinski definition) is 2. The molecule has 0 unspecified atom stereocenters. The van der Waals surface area contributed by atoms with Crippen molar-refractivity contribution in [2.75, 3.05) is 6.54 Å². The van der Waals surface area contributed by atoms with E-state index in [2.05, 4.69) is 22.4 Å². The van der Waals surface area contributed by atoms with Gasteiger partial charge in [0.15, 0.2) is 5.96 Å². The number of nitrogens with one attached hydrogen (secondary N) is 1. The molecule has 0 aromatic heterocycles. The van der Waals surface area contributed by atoms with Crippen LogP contribution in [0.3, 0.4) is 0 Å². The summed E-state index contributed by atoms with van der Waals surface area (Å²) in [6, 6.07) is 20.4. The summed E-state index contributed by atoms with van der Waals surface area (Å²) in [6.07, 6.45) is 0.947. The van der Waals surface area contributed by atoms with Gasteiger partial charge in [0.1, 0.15) is 0 Å². The Labute approximate surface area is 114 Å². The molecule has 2 rings (SSSR count). The Balaban J connectivity index is 1.74. The topological polar surface area (TPSA) is 50.4 Å². The fourth-order valence-electron chi connectivity index (χ4n) is 1.80. The van der Waals surface area contributed by atoms with Crippen LogP contribution in [0.5, 0.6) is 0 Å². The van der Waals surface area contributed by atoms with Crippen LogP contribution < -0.4 is 11.1 Å². The van der Waals surface area contributed by atoms with Crippen LogP contribution in [0.15, 0.2) is 65.7 Å². The van der Waals surface area contributed by atoms with Gasteiger partial charge in [0.25, 0.3) is 0 Å². The standard InChI is InChI=1S/C16H19N3/c17-16(19-13-15-9-5-2-6-10-15)18-12-11-14-7-3-1-4-8-14/h1-10H,11-13H2,(H3,17,18,19). The van der Waals surface area contributed by atoms with Gasteiger partial charge < -0.3 is 11.1 Å². The van der Waals surface area contributed by atoms with Gasteiger partial charge in [-0.25, -0.2) is 4.99 Å². The third kappa shape index (κ3) is 4.84. The van der Waals surface area contributed by atoms with E-state index in [1.54, 1.807) is 0 Å². The first-order valence-corrected chi connectivity index (χ1v) is 6.46. The normalized spacial score (nSPS) is 11.3. The van der Waals surface area contributed by atoms with Crippen molar-refractivity contribution in [2.24, 2.45) is 10.7 Å². The molecule has 0 saturated heterocycles. The lowest BCUT2D eigenvalue weighted by Gasteiger charge is -2.05. The highest BCUT2D eigenvalue weighted by atomic mass is 15.1. The third-order valence-corrected chi connectivity index (χ3v) is 2.84. The highest BCUT2D eigenvalue weighted by Gasteiger charge is 1.94. The summed E-state index contributed by atoms with van der Waals surface area (Å²) in [5.74, 6) is 0.500. The average Bonchev–Trinajstić information content (AvgIpc) is 2.47. The van der Waals surface area contributed by atoms with Crippen LogP contribution in [-0.2, 0) is 13.0 Å². The van der Waals surface area contributed by atoms with E-state index in [0.717, 1.165) is 18.5 Å². The van der Waals surface area contributed by atoms with E-state index in [-0.39, 0.29) is 0 Å². The molecule has 2 aromatic carbocycles. The first-order valence-electron chi connectivity index (χ1n) is 6.46. The molecule has 0 bridgehead atoms. The van der Waals surface area contributed by atoms with E-state index in [1.807, 2.05) is 48.5 Å². The molecule has 0 atom stereocenters. The van der Waals surface area contributed by atoms with Gasteiger partial charge in [-0.3, -0.25) is 0 Å². The lowest BCUT2D eigenvalue weighted by atomic mass is 10.1. The van der Waals surface area contributed by atoms with Gasteiger partial charge >= 0.3 is 0 Å². The van der Waals surface area contributed by atoms with Crippen molar-refractivity contribution < 1.29 is 0 Å². The molecular formula is C16H19N3. The monoisotopic (exact) mass is 253 g/mol. The van der Waals surface area contributed by atoms with Gasteiger partial charge in [-0.05, 0) is 17.5 Å². The molecule has 3 nitrogen and oxygen atoms in total. The SMILES string of the molecule is NC(=NCc1ccccc1)NCCc1ccccc1. The maximum absolute atomic E-state index is 5.82. The maximum atomic E-state index is 5.82.